The van der Waals surface area contributed by atoms with Crippen LogP contribution in [0.5, 0.6) is 0 Å². The van der Waals surface area contributed by atoms with Gasteiger partial charge in [-0.05, 0) is 67.3 Å². The topological polar surface area (TPSA) is 46.9 Å². The molecule has 1 saturated heterocycles. The van der Waals surface area contributed by atoms with Crippen molar-refractivity contribution in [2.45, 2.75) is 51.1 Å². The first-order chi connectivity index (χ1) is 16.3. The second-order valence-corrected chi connectivity index (χ2v) is 10.5. The van der Waals surface area contributed by atoms with E-state index < -0.39 is 0 Å². The number of H-pyrrole nitrogens is 2. The highest BCUT2D eigenvalue weighted by molar-refractivity contribution is 5.86. The van der Waals surface area contributed by atoms with E-state index in [1.165, 1.54) is 72.0 Å². The van der Waals surface area contributed by atoms with Gasteiger partial charge in [-0.25, -0.2) is 0 Å². The lowest BCUT2D eigenvalue weighted by atomic mass is 9.74. The molecular formula is C29H34N4. The second-order valence-electron chi connectivity index (χ2n) is 10.5. The Morgan fingerprint density at radius 3 is 2.30 bits per heavy atom. The summed E-state index contributed by atoms with van der Waals surface area (Å²) >= 11 is 0. The molecule has 2 aromatic carbocycles. The van der Waals surface area contributed by atoms with Crippen molar-refractivity contribution in [1.82, 2.24) is 20.2 Å². The molecule has 170 valence electrons. The molecule has 4 aromatic rings. The zero-order valence-corrected chi connectivity index (χ0v) is 19.5. The van der Waals surface area contributed by atoms with Crippen molar-refractivity contribution >= 4 is 21.8 Å². The van der Waals surface area contributed by atoms with E-state index in [1.807, 2.05) is 0 Å². The predicted octanol–water partition coefficient (Wildman–Crippen LogP) is 5.87. The molecule has 5 heterocycles. The van der Waals surface area contributed by atoms with E-state index in [-0.39, 0.29) is 0 Å². The summed E-state index contributed by atoms with van der Waals surface area (Å²) in [7, 11) is 0. The number of fused-ring (bicyclic) bond motifs is 8. The van der Waals surface area contributed by atoms with Crippen LogP contribution in [-0.4, -0.2) is 34.5 Å². The van der Waals surface area contributed by atoms with E-state index in [1.54, 1.807) is 11.1 Å². The summed E-state index contributed by atoms with van der Waals surface area (Å²) < 4.78 is 0. The minimum atomic E-state index is 0.442. The van der Waals surface area contributed by atoms with Crippen molar-refractivity contribution in [3.63, 3.8) is 0 Å². The van der Waals surface area contributed by atoms with Crippen LogP contribution in [-0.2, 0) is 12.8 Å². The van der Waals surface area contributed by atoms with Gasteiger partial charge in [0, 0.05) is 52.3 Å². The molecule has 4 nitrogen and oxygen atoms in total. The van der Waals surface area contributed by atoms with E-state index >= 15 is 0 Å². The van der Waals surface area contributed by atoms with Crippen LogP contribution in [0.2, 0.25) is 0 Å². The minimum Gasteiger partial charge on any atom is -0.357 e. The molecule has 0 bridgehead atoms. The molecule has 0 unspecified atom stereocenters. The number of hydrogen-bond acceptors (Lipinski definition) is 2. The van der Waals surface area contributed by atoms with Gasteiger partial charge in [-0.1, -0.05) is 49.7 Å². The first kappa shape index (κ1) is 19.9. The van der Waals surface area contributed by atoms with Gasteiger partial charge in [-0.3, -0.25) is 4.90 Å². The van der Waals surface area contributed by atoms with Crippen LogP contribution in [0.3, 0.4) is 0 Å². The highest BCUT2D eigenvalue weighted by Gasteiger charge is 2.41. The third kappa shape index (κ3) is 3.11. The van der Waals surface area contributed by atoms with Crippen molar-refractivity contribution in [3.05, 3.63) is 71.0 Å². The monoisotopic (exact) mass is 438 g/mol. The standard InChI is InChI=1S/C29H34N4/c1-2-18-17-33-14-12-23-21-8-4-6-10-25(21)32-29(23)27(33)16-19(18)15-26-28-22(11-13-30-26)20-7-3-5-9-24(20)31-28/h3-10,18-19,26-27,30-32H,2,11-17H2,1H3/t18-,19-,26+,27-/m0/s1. The number of nitrogens with zero attached hydrogens (tertiary/aromatic N) is 1. The van der Waals surface area contributed by atoms with Gasteiger partial charge in [0.05, 0.1) is 6.04 Å². The molecule has 3 aliphatic heterocycles. The fraction of sp³-hybridized carbons (Fsp3) is 0.448. The number of piperidine rings is 1. The number of aromatic amines is 2. The minimum absolute atomic E-state index is 0.442. The molecule has 4 heteroatoms. The molecule has 33 heavy (non-hydrogen) atoms. The maximum atomic E-state index is 3.89. The van der Waals surface area contributed by atoms with E-state index in [0.29, 0.717) is 12.1 Å². The quantitative estimate of drug-likeness (QED) is 0.374. The van der Waals surface area contributed by atoms with E-state index in [2.05, 4.69) is 75.6 Å². The van der Waals surface area contributed by atoms with E-state index in [9.17, 15) is 0 Å². The maximum Gasteiger partial charge on any atom is 0.0504 e. The van der Waals surface area contributed by atoms with Crippen molar-refractivity contribution in [2.75, 3.05) is 19.6 Å². The summed E-state index contributed by atoms with van der Waals surface area (Å²) in [5.41, 5.74) is 8.70. The maximum absolute atomic E-state index is 3.89. The Labute approximate surface area is 195 Å². The third-order valence-electron chi connectivity index (χ3n) is 8.96. The zero-order chi connectivity index (χ0) is 21.9. The molecule has 4 atom stereocenters. The highest BCUT2D eigenvalue weighted by Crippen LogP contribution is 2.46. The lowest BCUT2D eigenvalue weighted by Gasteiger charge is -2.47. The Balaban J connectivity index is 1.21. The molecule has 0 saturated carbocycles. The molecule has 0 aliphatic carbocycles. The van der Waals surface area contributed by atoms with Crippen LogP contribution in [0.25, 0.3) is 21.8 Å². The second kappa shape index (κ2) is 7.75. The lowest BCUT2D eigenvalue weighted by molar-refractivity contribution is 0.0419. The van der Waals surface area contributed by atoms with Gasteiger partial charge in [0.1, 0.15) is 0 Å². The molecular weight excluding hydrogens is 404 g/mol. The van der Waals surface area contributed by atoms with Crippen LogP contribution >= 0.6 is 0 Å². The van der Waals surface area contributed by atoms with Gasteiger partial charge in [0.2, 0.25) is 0 Å². The summed E-state index contributed by atoms with van der Waals surface area (Å²) in [4.78, 5) is 10.4. The van der Waals surface area contributed by atoms with Crippen LogP contribution in [0.4, 0.5) is 0 Å². The van der Waals surface area contributed by atoms with Gasteiger partial charge in [-0.15, -0.1) is 0 Å². The number of aromatic nitrogens is 2. The fourth-order valence-corrected chi connectivity index (χ4v) is 7.30. The SMILES string of the molecule is CC[C@H]1CN2CCc3c([nH]c4ccccc34)[C@@H]2C[C@@H]1C[C@H]1NCCc2c1[nH]c1ccccc21. The van der Waals surface area contributed by atoms with Gasteiger partial charge in [0.15, 0.2) is 0 Å². The van der Waals surface area contributed by atoms with Gasteiger partial charge >= 0.3 is 0 Å². The first-order valence-corrected chi connectivity index (χ1v) is 13.0. The zero-order valence-electron chi connectivity index (χ0n) is 19.5. The number of nitrogens with one attached hydrogen (secondary N) is 3. The van der Waals surface area contributed by atoms with Crippen molar-refractivity contribution < 1.29 is 0 Å². The lowest BCUT2D eigenvalue weighted by Crippen LogP contribution is -2.46. The summed E-state index contributed by atoms with van der Waals surface area (Å²) in [6.07, 6.45) is 6.09. The Morgan fingerprint density at radius 1 is 0.848 bits per heavy atom. The van der Waals surface area contributed by atoms with Crippen LogP contribution < -0.4 is 5.32 Å². The molecule has 3 N–H and O–H groups in total. The first-order valence-electron chi connectivity index (χ1n) is 13.0. The van der Waals surface area contributed by atoms with Gasteiger partial charge in [-0.2, -0.15) is 0 Å². The number of para-hydroxylation sites is 2. The summed E-state index contributed by atoms with van der Waals surface area (Å²) in [5.74, 6) is 1.52. The molecule has 0 radical (unpaired) electrons. The largest absolute Gasteiger partial charge is 0.357 e. The van der Waals surface area contributed by atoms with Crippen molar-refractivity contribution in [3.8, 4) is 0 Å². The van der Waals surface area contributed by atoms with Gasteiger partial charge in [0.25, 0.3) is 0 Å². The summed E-state index contributed by atoms with van der Waals surface area (Å²) in [6.45, 7) is 5.94. The summed E-state index contributed by atoms with van der Waals surface area (Å²) in [6, 6.07) is 18.7. The van der Waals surface area contributed by atoms with Crippen molar-refractivity contribution in [2.24, 2.45) is 11.8 Å². The average molecular weight is 439 g/mol. The predicted molar refractivity (Wildman–Crippen MR) is 136 cm³/mol. The van der Waals surface area contributed by atoms with E-state index in [4.69, 9.17) is 0 Å². The van der Waals surface area contributed by atoms with E-state index in [0.717, 1.165) is 24.8 Å². The molecule has 3 aliphatic rings. The average Bonchev–Trinajstić information content (AvgIpc) is 3.43. The molecule has 0 amide bonds. The highest BCUT2D eigenvalue weighted by atomic mass is 15.2. The number of hydrogen-bond donors (Lipinski definition) is 3. The molecule has 1 fully saturated rings. The molecule has 2 aromatic heterocycles. The van der Waals surface area contributed by atoms with Gasteiger partial charge < -0.3 is 15.3 Å². The number of rotatable bonds is 3. The Hall–Kier alpha value is -2.56. The van der Waals surface area contributed by atoms with Crippen molar-refractivity contribution in [1.29, 1.82) is 0 Å². The van der Waals surface area contributed by atoms with Crippen LogP contribution in [0.15, 0.2) is 48.5 Å². The third-order valence-corrected chi connectivity index (χ3v) is 8.96. The summed E-state index contributed by atoms with van der Waals surface area (Å²) in [5, 5.41) is 6.76. The smallest absolute Gasteiger partial charge is 0.0504 e. The van der Waals surface area contributed by atoms with Crippen LogP contribution in [0, 0.1) is 11.8 Å². The Bertz CT molecular complexity index is 1310. The molecule has 0 spiro atoms. The van der Waals surface area contributed by atoms with Crippen LogP contribution in [0.1, 0.15) is 60.8 Å². The number of benzene rings is 2. The molecule has 7 rings (SSSR count). The Kier molecular flexibility index (Phi) is 4.66. The Morgan fingerprint density at radius 2 is 1.55 bits per heavy atom. The normalized spacial score (nSPS) is 27.4. The fourth-order valence-electron chi connectivity index (χ4n) is 7.30.